The van der Waals surface area contributed by atoms with E-state index in [0.717, 1.165) is 28.3 Å². The molecule has 2 aliphatic carbocycles. The van der Waals surface area contributed by atoms with Gasteiger partial charge in [-0.25, -0.2) is 4.98 Å². The van der Waals surface area contributed by atoms with Crippen molar-refractivity contribution in [2.24, 2.45) is 0 Å². The molecule has 0 bridgehead atoms. The van der Waals surface area contributed by atoms with Crippen molar-refractivity contribution in [1.82, 2.24) is 14.4 Å². The Kier molecular flexibility index (Phi) is 5.59. The van der Waals surface area contributed by atoms with Crippen molar-refractivity contribution >= 4 is 16.3 Å². The van der Waals surface area contributed by atoms with Crippen LogP contribution in [0.3, 0.4) is 0 Å². The highest BCUT2D eigenvalue weighted by Crippen LogP contribution is 2.62. The summed E-state index contributed by atoms with van der Waals surface area (Å²) in [5.41, 5.74) is 16.5. The molecule has 2 aliphatic rings. The molecule has 6 aromatic carbocycles. The second kappa shape index (κ2) is 10.2. The van der Waals surface area contributed by atoms with Gasteiger partial charge < -0.3 is 0 Å². The highest BCUT2D eigenvalue weighted by molar-refractivity contribution is 6.11. The van der Waals surface area contributed by atoms with Gasteiger partial charge in [0.15, 0.2) is 0 Å². The third-order valence-electron chi connectivity index (χ3n) is 10.9. The van der Waals surface area contributed by atoms with Gasteiger partial charge in [0.2, 0.25) is 0 Å². The molecule has 3 nitrogen and oxygen atoms in total. The molecular formula is C47H29N3. The number of nitrogens with zero attached hydrogens (tertiary/aromatic N) is 3. The van der Waals surface area contributed by atoms with Crippen molar-refractivity contribution in [1.29, 1.82) is 0 Å². The fraction of sp³-hybridized carbons (Fsp3) is 0.0213. The van der Waals surface area contributed by atoms with Crippen LogP contribution in [0.4, 0.5) is 0 Å². The normalized spacial score (nSPS) is 13.4. The molecule has 0 amide bonds. The van der Waals surface area contributed by atoms with Crippen LogP contribution < -0.4 is 0 Å². The summed E-state index contributed by atoms with van der Waals surface area (Å²) in [6.07, 6.45) is 3.92. The zero-order chi connectivity index (χ0) is 32.8. The minimum absolute atomic E-state index is 0.409. The summed E-state index contributed by atoms with van der Waals surface area (Å²) in [7, 11) is 0. The molecule has 0 N–H and O–H groups in total. The molecule has 3 heteroatoms. The van der Waals surface area contributed by atoms with Gasteiger partial charge in [-0.2, -0.15) is 0 Å². The van der Waals surface area contributed by atoms with Crippen LogP contribution in [-0.2, 0) is 5.41 Å². The topological polar surface area (TPSA) is 30.2 Å². The molecule has 0 fully saturated rings. The number of imidazole rings is 1. The van der Waals surface area contributed by atoms with Gasteiger partial charge in [-0.1, -0.05) is 133 Å². The Morgan fingerprint density at radius 2 is 1.08 bits per heavy atom. The van der Waals surface area contributed by atoms with E-state index in [2.05, 4.69) is 161 Å². The standard InChI is InChI=1S/C47H29N3/c1-4-19-38-33(15-1)34-16-2-5-20-39(34)47(38)40-21-6-3-17-35(40)37-26-25-32(36-18-12-22-41(47)44(36)37)30-13-11-14-31(29-30)46-49-45(42-23-7-9-27-48-42)43-24-8-10-28-50(43)46/h1-29H. The number of fused-ring (bicyclic) bond motifs is 10. The molecule has 3 heterocycles. The smallest absolute Gasteiger partial charge is 0.145 e. The van der Waals surface area contributed by atoms with Crippen molar-refractivity contribution in [2.45, 2.75) is 5.41 Å². The Labute approximate surface area is 289 Å². The first-order valence-corrected chi connectivity index (χ1v) is 17.2. The summed E-state index contributed by atoms with van der Waals surface area (Å²) in [5, 5.41) is 2.58. The highest BCUT2D eigenvalue weighted by atomic mass is 15.0. The van der Waals surface area contributed by atoms with Crippen LogP contribution in [0.1, 0.15) is 22.3 Å². The number of pyridine rings is 2. The third-order valence-corrected chi connectivity index (χ3v) is 10.9. The zero-order valence-electron chi connectivity index (χ0n) is 27.1. The number of hydrogen-bond acceptors (Lipinski definition) is 2. The molecule has 0 unspecified atom stereocenters. The van der Waals surface area contributed by atoms with Crippen LogP contribution >= 0.6 is 0 Å². The SMILES string of the molecule is c1ccc(-c2nc(-c3cccc(-c4ccc5c6c(cccc46)C4(c6ccccc6-c6ccccc64)c4ccccc4-5)c3)n3ccccc23)nc1. The van der Waals surface area contributed by atoms with E-state index in [-0.39, 0.29) is 0 Å². The Hall–Kier alpha value is -6.58. The van der Waals surface area contributed by atoms with Crippen molar-refractivity contribution in [3.63, 3.8) is 0 Å². The minimum atomic E-state index is -0.409. The summed E-state index contributed by atoms with van der Waals surface area (Å²) in [6.45, 7) is 0. The van der Waals surface area contributed by atoms with Crippen molar-refractivity contribution in [3.05, 3.63) is 198 Å². The van der Waals surface area contributed by atoms with Crippen molar-refractivity contribution < 1.29 is 0 Å². The lowest BCUT2D eigenvalue weighted by Gasteiger charge is -2.40. The molecule has 0 atom stereocenters. The van der Waals surface area contributed by atoms with Crippen LogP contribution in [-0.4, -0.2) is 14.4 Å². The van der Waals surface area contributed by atoms with Gasteiger partial charge in [0.25, 0.3) is 0 Å². The molecule has 9 aromatic rings. The molecule has 0 radical (unpaired) electrons. The van der Waals surface area contributed by atoms with Crippen LogP contribution in [0, 0.1) is 0 Å². The Morgan fingerprint density at radius 3 is 1.82 bits per heavy atom. The fourth-order valence-electron chi connectivity index (χ4n) is 8.96. The Balaban J connectivity index is 1.17. The molecule has 1 spiro atoms. The second-order valence-corrected chi connectivity index (χ2v) is 13.3. The highest BCUT2D eigenvalue weighted by Gasteiger charge is 2.49. The molecule has 0 aliphatic heterocycles. The first kappa shape index (κ1) is 27.4. The van der Waals surface area contributed by atoms with Crippen LogP contribution in [0.15, 0.2) is 176 Å². The molecule has 3 aromatic heterocycles. The summed E-state index contributed by atoms with van der Waals surface area (Å²) in [5.74, 6) is 0.901. The van der Waals surface area contributed by atoms with E-state index in [4.69, 9.17) is 4.98 Å². The lowest BCUT2D eigenvalue weighted by molar-refractivity contribution is 0.773. The lowest BCUT2D eigenvalue weighted by atomic mass is 9.61. The van der Waals surface area contributed by atoms with Crippen LogP contribution in [0.25, 0.3) is 72.4 Å². The van der Waals surface area contributed by atoms with E-state index >= 15 is 0 Å². The van der Waals surface area contributed by atoms with Gasteiger partial charge in [0, 0.05) is 18.0 Å². The number of hydrogen-bond donors (Lipinski definition) is 0. The van der Waals surface area contributed by atoms with Gasteiger partial charge in [-0.3, -0.25) is 9.38 Å². The summed E-state index contributed by atoms with van der Waals surface area (Å²) in [4.78, 5) is 9.83. The summed E-state index contributed by atoms with van der Waals surface area (Å²) in [6, 6.07) is 59.7. The van der Waals surface area contributed by atoms with Gasteiger partial charge in [-0.15, -0.1) is 0 Å². The Bertz CT molecular complexity index is 2780. The fourth-order valence-corrected chi connectivity index (χ4v) is 8.96. The van der Waals surface area contributed by atoms with E-state index in [1.165, 1.54) is 66.4 Å². The van der Waals surface area contributed by atoms with Gasteiger partial charge >= 0.3 is 0 Å². The van der Waals surface area contributed by atoms with Crippen molar-refractivity contribution in [3.8, 4) is 56.2 Å². The monoisotopic (exact) mass is 635 g/mol. The maximum atomic E-state index is 5.19. The average molecular weight is 636 g/mol. The van der Waals surface area contributed by atoms with E-state index in [1.807, 2.05) is 24.4 Å². The minimum Gasteiger partial charge on any atom is -0.299 e. The maximum Gasteiger partial charge on any atom is 0.145 e. The number of aromatic nitrogens is 3. The first-order chi connectivity index (χ1) is 24.8. The van der Waals surface area contributed by atoms with Gasteiger partial charge in [-0.05, 0) is 96.7 Å². The second-order valence-electron chi connectivity index (χ2n) is 13.3. The molecule has 0 saturated carbocycles. The van der Waals surface area contributed by atoms with E-state index in [0.29, 0.717) is 0 Å². The molecule has 232 valence electrons. The molecular weight excluding hydrogens is 607 g/mol. The van der Waals surface area contributed by atoms with Crippen LogP contribution in [0.5, 0.6) is 0 Å². The molecule has 0 saturated heterocycles. The predicted molar refractivity (Wildman–Crippen MR) is 203 cm³/mol. The van der Waals surface area contributed by atoms with E-state index in [1.54, 1.807) is 0 Å². The predicted octanol–water partition coefficient (Wildman–Crippen LogP) is 11.2. The lowest BCUT2D eigenvalue weighted by Crippen LogP contribution is -2.31. The van der Waals surface area contributed by atoms with E-state index < -0.39 is 5.41 Å². The van der Waals surface area contributed by atoms with Crippen molar-refractivity contribution in [2.75, 3.05) is 0 Å². The number of benzene rings is 6. The average Bonchev–Trinajstić information content (AvgIpc) is 3.72. The van der Waals surface area contributed by atoms with Gasteiger partial charge in [0.05, 0.1) is 16.6 Å². The summed E-state index contributed by atoms with van der Waals surface area (Å²) >= 11 is 0. The van der Waals surface area contributed by atoms with Crippen LogP contribution in [0.2, 0.25) is 0 Å². The molecule has 50 heavy (non-hydrogen) atoms. The summed E-state index contributed by atoms with van der Waals surface area (Å²) < 4.78 is 2.18. The largest absolute Gasteiger partial charge is 0.299 e. The molecule has 11 rings (SSSR count). The Morgan fingerprint density at radius 1 is 0.460 bits per heavy atom. The first-order valence-electron chi connectivity index (χ1n) is 17.2. The quantitative estimate of drug-likeness (QED) is 0.193. The number of rotatable bonds is 3. The zero-order valence-corrected chi connectivity index (χ0v) is 27.1. The van der Waals surface area contributed by atoms with E-state index in [9.17, 15) is 0 Å². The third kappa shape index (κ3) is 3.53. The van der Waals surface area contributed by atoms with Gasteiger partial charge in [0.1, 0.15) is 11.5 Å². The maximum absolute atomic E-state index is 5.19.